The van der Waals surface area contributed by atoms with Gasteiger partial charge in [-0.15, -0.1) is 0 Å². The van der Waals surface area contributed by atoms with E-state index in [0.29, 0.717) is 19.5 Å². The first-order valence-electron chi connectivity index (χ1n) is 15.6. The van der Waals surface area contributed by atoms with E-state index in [1.165, 1.54) is 30.7 Å². The third-order valence-electron chi connectivity index (χ3n) is 12.7. The fourth-order valence-electron chi connectivity index (χ4n) is 10.5. The number of alkyl halides is 2. The zero-order valence-electron chi connectivity index (χ0n) is 25.6. The van der Waals surface area contributed by atoms with Crippen molar-refractivity contribution in [2.45, 2.75) is 77.7 Å². The second-order valence-electron chi connectivity index (χ2n) is 14.4. The maximum Gasteiger partial charge on any atom is 0.303 e. The van der Waals surface area contributed by atoms with E-state index in [1.807, 2.05) is 32.0 Å². The highest BCUT2D eigenvalue weighted by Crippen LogP contribution is 2.79. The van der Waals surface area contributed by atoms with E-state index in [0.717, 1.165) is 19.4 Å². The van der Waals surface area contributed by atoms with Crippen LogP contribution in [0.4, 0.5) is 8.78 Å². The van der Waals surface area contributed by atoms with E-state index in [4.69, 9.17) is 4.74 Å². The summed E-state index contributed by atoms with van der Waals surface area (Å²) in [6.07, 6.45) is 3.05. The standard InChI is InChI=1S/C35H43F2NO5/c1-22(39)43-20-30(42)34-21-38(14-8-11-23-9-6-5-7-10-23)19-24(34)17-32(3)28-16-27(36)26-15-25(40)12-13-31(26,2)35(28,37)29(41)18-33(32,34)4/h5-7,9-10,12-13,15,24,27-29,41H,8,11,14,16-21H2,1-4H3. The second kappa shape index (κ2) is 10.2. The maximum absolute atomic E-state index is 17.9. The third-order valence-corrected chi connectivity index (χ3v) is 12.7. The summed E-state index contributed by atoms with van der Waals surface area (Å²) in [6, 6.07) is 10.2. The average molecular weight is 596 g/mol. The number of hydrogen-bond donors (Lipinski definition) is 1. The van der Waals surface area contributed by atoms with Gasteiger partial charge in [0, 0.05) is 31.3 Å². The Labute approximate surface area is 252 Å². The molecule has 1 aliphatic heterocycles. The minimum Gasteiger partial charge on any atom is -0.458 e. The first kappa shape index (κ1) is 30.3. The number of benzene rings is 1. The van der Waals surface area contributed by atoms with Crippen LogP contribution < -0.4 is 0 Å². The van der Waals surface area contributed by atoms with Crippen molar-refractivity contribution in [1.82, 2.24) is 4.90 Å². The Morgan fingerprint density at radius 2 is 1.86 bits per heavy atom. The average Bonchev–Trinajstić information content (AvgIpc) is 3.41. The number of Topliss-reactive ketones (excluding diaryl/α,β-unsaturated/α-hetero) is 1. The van der Waals surface area contributed by atoms with Crippen molar-refractivity contribution in [3.8, 4) is 0 Å². The summed E-state index contributed by atoms with van der Waals surface area (Å²) in [5.74, 6) is -2.18. The molecule has 5 aliphatic rings. The molecule has 1 saturated heterocycles. The summed E-state index contributed by atoms with van der Waals surface area (Å²) >= 11 is 0. The van der Waals surface area contributed by atoms with Gasteiger partial charge in [0.15, 0.2) is 23.8 Å². The number of hydrogen-bond acceptors (Lipinski definition) is 6. The summed E-state index contributed by atoms with van der Waals surface area (Å²) in [7, 11) is 0. The van der Waals surface area contributed by atoms with Crippen LogP contribution in [0.2, 0.25) is 0 Å². The quantitative estimate of drug-likeness (QED) is 0.448. The number of carbonyl (C=O) groups excluding carboxylic acids is 3. The Morgan fingerprint density at radius 1 is 1.14 bits per heavy atom. The van der Waals surface area contributed by atoms with Gasteiger partial charge >= 0.3 is 5.97 Å². The Morgan fingerprint density at radius 3 is 2.56 bits per heavy atom. The minimum absolute atomic E-state index is 0.0122. The maximum atomic E-state index is 17.9. The number of aliphatic hydroxyl groups excluding tert-OH is 1. The molecule has 3 saturated carbocycles. The number of aliphatic hydroxyl groups is 1. The molecular formula is C35H43F2NO5. The number of allylic oxidation sites excluding steroid dienone is 4. The normalized spacial score (nSPS) is 43.3. The van der Waals surface area contributed by atoms with Crippen LogP contribution in [0.25, 0.3) is 0 Å². The zero-order valence-corrected chi connectivity index (χ0v) is 25.6. The number of likely N-dealkylation sites (tertiary alicyclic amines) is 1. The third kappa shape index (κ3) is 4.04. The SMILES string of the molecule is CC(=O)OCC(=O)C12CN(CCCc3ccccc3)CC1CC1(C)C3CC(F)C4=CC(=O)C=CC4(C)C3(F)C(O)CC12C. The first-order chi connectivity index (χ1) is 20.2. The molecule has 6 rings (SSSR count). The van der Waals surface area contributed by atoms with Crippen LogP contribution >= 0.6 is 0 Å². The zero-order chi connectivity index (χ0) is 31.0. The smallest absolute Gasteiger partial charge is 0.303 e. The molecule has 8 heteroatoms. The van der Waals surface area contributed by atoms with E-state index >= 15 is 8.78 Å². The van der Waals surface area contributed by atoms with Crippen molar-refractivity contribution in [3.63, 3.8) is 0 Å². The molecule has 0 amide bonds. The molecule has 1 aromatic rings. The lowest BCUT2D eigenvalue weighted by Crippen LogP contribution is -2.72. The monoisotopic (exact) mass is 595 g/mol. The van der Waals surface area contributed by atoms with Crippen LogP contribution in [-0.4, -0.2) is 71.7 Å². The van der Waals surface area contributed by atoms with Gasteiger partial charge in [0.05, 0.1) is 11.5 Å². The lowest BCUT2D eigenvalue weighted by Gasteiger charge is -2.67. The van der Waals surface area contributed by atoms with Crippen molar-refractivity contribution >= 4 is 17.5 Å². The number of aryl methyl sites for hydroxylation is 1. The van der Waals surface area contributed by atoms with E-state index in [9.17, 15) is 19.5 Å². The summed E-state index contributed by atoms with van der Waals surface area (Å²) < 4.78 is 39.1. The van der Waals surface area contributed by atoms with Gasteiger partial charge in [0.2, 0.25) is 0 Å². The Balaban J connectivity index is 1.37. The number of ketones is 2. The Bertz CT molecular complexity index is 1400. The van der Waals surface area contributed by atoms with Gasteiger partial charge in [-0.1, -0.05) is 50.3 Å². The summed E-state index contributed by atoms with van der Waals surface area (Å²) in [5.41, 5.74) is -5.08. The molecule has 0 spiro atoms. The van der Waals surface area contributed by atoms with Gasteiger partial charge in [-0.2, -0.15) is 0 Å². The molecule has 0 aromatic heterocycles. The molecule has 1 N–H and O–H groups in total. The molecule has 232 valence electrons. The van der Waals surface area contributed by atoms with Gasteiger partial charge in [-0.05, 0) is 85.6 Å². The van der Waals surface area contributed by atoms with Crippen molar-refractivity contribution in [2.75, 3.05) is 26.2 Å². The van der Waals surface area contributed by atoms with Gasteiger partial charge in [-0.3, -0.25) is 14.4 Å². The lowest BCUT2D eigenvalue weighted by molar-refractivity contribution is -0.242. The number of rotatable bonds is 7. The van der Waals surface area contributed by atoms with Crippen LogP contribution in [0.3, 0.4) is 0 Å². The lowest BCUT2D eigenvalue weighted by atomic mass is 9.38. The van der Waals surface area contributed by atoms with Gasteiger partial charge in [0.1, 0.15) is 6.17 Å². The summed E-state index contributed by atoms with van der Waals surface area (Å²) in [4.78, 5) is 40.6. The molecule has 0 radical (unpaired) electrons. The second-order valence-corrected chi connectivity index (χ2v) is 14.4. The molecule has 4 fully saturated rings. The summed E-state index contributed by atoms with van der Waals surface area (Å²) in [6.45, 7) is 8.29. The molecule has 1 aromatic carbocycles. The number of esters is 1. The predicted octanol–water partition coefficient (Wildman–Crippen LogP) is 4.99. The molecule has 1 heterocycles. The van der Waals surface area contributed by atoms with Crippen LogP contribution in [0.5, 0.6) is 0 Å². The van der Waals surface area contributed by atoms with Gasteiger partial charge in [-0.25, -0.2) is 8.78 Å². The van der Waals surface area contributed by atoms with Crippen LogP contribution in [0.15, 0.2) is 54.1 Å². The fraction of sp³-hybridized carbons (Fsp3) is 0.629. The van der Waals surface area contributed by atoms with E-state index in [2.05, 4.69) is 17.0 Å². The Hall–Kier alpha value is -2.71. The molecular weight excluding hydrogens is 552 g/mol. The number of fused-ring (bicyclic) bond motifs is 7. The van der Waals surface area contributed by atoms with Crippen molar-refractivity contribution < 1.29 is 33.0 Å². The molecule has 9 atom stereocenters. The minimum atomic E-state index is -2.22. The van der Waals surface area contributed by atoms with Crippen LogP contribution in [0, 0.1) is 33.5 Å². The topological polar surface area (TPSA) is 83.9 Å². The van der Waals surface area contributed by atoms with Crippen LogP contribution in [0.1, 0.15) is 58.9 Å². The molecule has 0 bridgehead atoms. The highest BCUT2D eigenvalue weighted by Gasteiger charge is 2.82. The number of halogens is 2. The van der Waals surface area contributed by atoms with E-state index in [1.54, 1.807) is 6.92 Å². The number of carbonyl (C=O) groups is 3. The largest absolute Gasteiger partial charge is 0.458 e. The van der Waals surface area contributed by atoms with Crippen molar-refractivity contribution in [1.29, 1.82) is 0 Å². The van der Waals surface area contributed by atoms with Crippen molar-refractivity contribution in [2.24, 2.45) is 33.5 Å². The van der Waals surface area contributed by atoms with E-state index < -0.39 is 51.5 Å². The van der Waals surface area contributed by atoms with Crippen molar-refractivity contribution in [3.05, 3.63) is 59.7 Å². The summed E-state index contributed by atoms with van der Waals surface area (Å²) in [5, 5.41) is 11.9. The van der Waals surface area contributed by atoms with Crippen LogP contribution in [-0.2, 0) is 25.5 Å². The molecule has 43 heavy (non-hydrogen) atoms. The number of ether oxygens (including phenoxy) is 1. The molecule has 9 unspecified atom stereocenters. The first-order valence-corrected chi connectivity index (χ1v) is 15.6. The Kier molecular flexibility index (Phi) is 7.17. The highest BCUT2D eigenvalue weighted by atomic mass is 19.1. The van der Waals surface area contributed by atoms with Gasteiger partial charge in [0.25, 0.3) is 0 Å². The predicted molar refractivity (Wildman–Crippen MR) is 157 cm³/mol. The molecule has 4 aliphatic carbocycles. The highest BCUT2D eigenvalue weighted by molar-refractivity contribution is 6.01. The van der Waals surface area contributed by atoms with Gasteiger partial charge < -0.3 is 14.7 Å². The number of nitrogens with zero attached hydrogens (tertiary/aromatic N) is 1. The molecule has 6 nitrogen and oxygen atoms in total. The fourth-order valence-corrected chi connectivity index (χ4v) is 10.5. The van der Waals surface area contributed by atoms with E-state index in [-0.39, 0.29) is 42.5 Å².